The maximum Gasteiger partial charge on any atom is 0.243 e. The normalized spacial score (nSPS) is 14.1. The van der Waals surface area contributed by atoms with Gasteiger partial charge in [0.25, 0.3) is 0 Å². The molecular formula is C26H24FN5O3S2. The van der Waals surface area contributed by atoms with Crippen molar-refractivity contribution in [2.45, 2.75) is 22.9 Å². The third-order valence-corrected chi connectivity index (χ3v) is 8.73. The number of anilines is 1. The Morgan fingerprint density at radius 2 is 1.68 bits per heavy atom. The van der Waals surface area contributed by atoms with E-state index in [4.69, 9.17) is 0 Å². The van der Waals surface area contributed by atoms with E-state index in [1.807, 2.05) is 30.3 Å². The van der Waals surface area contributed by atoms with Crippen molar-refractivity contribution in [2.75, 3.05) is 24.2 Å². The molecule has 0 atom stereocenters. The summed E-state index contributed by atoms with van der Waals surface area (Å²) in [5, 5.41) is 11.9. The summed E-state index contributed by atoms with van der Waals surface area (Å²) in [4.78, 5) is 12.7. The second-order valence-electron chi connectivity index (χ2n) is 8.46. The van der Waals surface area contributed by atoms with Crippen LogP contribution in [0.4, 0.5) is 10.1 Å². The number of amides is 1. The van der Waals surface area contributed by atoms with Crippen LogP contribution in [0.15, 0.2) is 88.9 Å². The first-order chi connectivity index (χ1) is 17.9. The number of hydrogen-bond donors (Lipinski definition) is 1. The van der Waals surface area contributed by atoms with Crippen LogP contribution in [-0.4, -0.2) is 52.2 Å². The summed E-state index contributed by atoms with van der Waals surface area (Å²) >= 11 is 1.19. The Morgan fingerprint density at radius 1 is 0.946 bits per heavy atom. The number of para-hydroxylation sites is 1. The van der Waals surface area contributed by atoms with E-state index in [0.717, 1.165) is 18.5 Å². The molecule has 0 bridgehead atoms. The third-order valence-electron chi connectivity index (χ3n) is 5.90. The molecule has 1 aliphatic rings. The molecule has 11 heteroatoms. The van der Waals surface area contributed by atoms with Crippen molar-refractivity contribution in [1.29, 1.82) is 0 Å². The van der Waals surface area contributed by atoms with E-state index >= 15 is 0 Å². The molecule has 0 spiro atoms. The zero-order chi connectivity index (χ0) is 25.8. The summed E-state index contributed by atoms with van der Waals surface area (Å²) in [6.45, 7) is 1.04. The van der Waals surface area contributed by atoms with Gasteiger partial charge in [0.1, 0.15) is 5.82 Å². The van der Waals surface area contributed by atoms with Crippen molar-refractivity contribution in [3.63, 3.8) is 0 Å². The number of aromatic nitrogens is 3. The Bertz CT molecular complexity index is 1500. The zero-order valence-corrected chi connectivity index (χ0v) is 21.4. The van der Waals surface area contributed by atoms with E-state index in [2.05, 4.69) is 15.5 Å². The first-order valence-electron chi connectivity index (χ1n) is 11.7. The van der Waals surface area contributed by atoms with Gasteiger partial charge < -0.3 is 5.32 Å². The number of nitrogens with one attached hydrogen (secondary N) is 1. The molecule has 4 aromatic rings. The molecule has 8 nitrogen and oxygen atoms in total. The van der Waals surface area contributed by atoms with E-state index in [1.54, 1.807) is 28.8 Å². The van der Waals surface area contributed by atoms with Crippen LogP contribution < -0.4 is 5.32 Å². The fourth-order valence-corrected chi connectivity index (χ4v) is 6.41. The molecule has 1 aromatic heterocycles. The number of carbonyl (C=O) groups is 1. The summed E-state index contributed by atoms with van der Waals surface area (Å²) in [7, 11) is -3.60. The molecule has 37 heavy (non-hydrogen) atoms. The number of halogens is 1. The molecule has 190 valence electrons. The van der Waals surface area contributed by atoms with E-state index in [9.17, 15) is 17.6 Å². The highest BCUT2D eigenvalue weighted by Gasteiger charge is 2.28. The summed E-state index contributed by atoms with van der Waals surface area (Å²) in [5.74, 6) is -0.148. The van der Waals surface area contributed by atoms with Gasteiger partial charge in [0.2, 0.25) is 15.9 Å². The van der Waals surface area contributed by atoms with Gasteiger partial charge in [-0.25, -0.2) is 12.8 Å². The molecular weight excluding hydrogens is 513 g/mol. The molecule has 1 amide bonds. The lowest BCUT2D eigenvalue weighted by atomic mass is 10.2. The molecule has 0 unspecified atom stereocenters. The van der Waals surface area contributed by atoms with Crippen molar-refractivity contribution in [3.8, 4) is 17.1 Å². The van der Waals surface area contributed by atoms with Crippen LogP contribution >= 0.6 is 11.8 Å². The van der Waals surface area contributed by atoms with E-state index in [0.29, 0.717) is 35.3 Å². The van der Waals surface area contributed by atoms with Crippen LogP contribution in [-0.2, 0) is 14.8 Å². The Labute approximate surface area is 218 Å². The molecule has 1 aliphatic heterocycles. The Hall–Kier alpha value is -3.54. The van der Waals surface area contributed by atoms with Gasteiger partial charge in [-0.2, -0.15) is 4.31 Å². The number of thioether (sulfide) groups is 1. The van der Waals surface area contributed by atoms with Gasteiger partial charge in [0, 0.05) is 30.0 Å². The monoisotopic (exact) mass is 537 g/mol. The van der Waals surface area contributed by atoms with Gasteiger partial charge in [-0.1, -0.05) is 42.1 Å². The highest BCUT2D eigenvalue weighted by Crippen LogP contribution is 2.30. The van der Waals surface area contributed by atoms with E-state index < -0.39 is 10.0 Å². The van der Waals surface area contributed by atoms with Crippen molar-refractivity contribution in [2.24, 2.45) is 0 Å². The van der Waals surface area contributed by atoms with Crippen LogP contribution in [0.1, 0.15) is 12.8 Å². The van der Waals surface area contributed by atoms with Gasteiger partial charge >= 0.3 is 0 Å². The maximum absolute atomic E-state index is 13.1. The average Bonchev–Trinajstić information content (AvgIpc) is 3.61. The van der Waals surface area contributed by atoms with Crippen molar-refractivity contribution >= 4 is 33.4 Å². The number of nitrogens with zero attached hydrogens (tertiary/aromatic N) is 4. The summed E-state index contributed by atoms with van der Waals surface area (Å²) in [6.07, 6.45) is 1.72. The standard InChI is InChI=1S/C26H24FN5O3S2/c27-20-11-13-21(14-12-20)28-24(33)18-36-26-30-29-25(32(26)22-8-2-1-3-9-22)19-7-6-10-23(17-19)37(34,35)31-15-4-5-16-31/h1-3,6-14,17H,4-5,15-16,18H2,(H,28,33). The fraction of sp³-hybridized carbons (Fsp3) is 0.192. The van der Waals surface area contributed by atoms with Crippen molar-refractivity contribution in [1.82, 2.24) is 19.1 Å². The minimum absolute atomic E-state index is 0.0473. The molecule has 0 saturated carbocycles. The molecule has 5 rings (SSSR count). The molecule has 1 N–H and O–H groups in total. The third kappa shape index (κ3) is 5.58. The first kappa shape index (κ1) is 25.1. The molecule has 3 aromatic carbocycles. The van der Waals surface area contributed by atoms with Gasteiger partial charge in [0.05, 0.1) is 10.6 Å². The SMILES string of the molecule is O=C(CSc1nnc(-c2cccc(S(=O)(=O)N3CCCC3)c2)n1-c1ccccc1)Nc1ccc(F)cc1. The average molecular weight is 538 g/mol. The predicted octanol–water partition coefficient (Wildman–Crippen LogP) is 4.59. The van der Waals surface area contributed by atoms with Gasteiger partial charge in [0.15, 0.2) is 11.0 Å². The molecule has 2 heterocycles. The number of rotatable bonds is 8. The molecule has 1 saturated heterocycles. The van der Waals surface area contributed by atoms with Gasteiger partial charge in [-0.3, -0.25) is 9.36 Å². The van der Waals surface area contributed by atoms with Crippen molar-refractivity contribution in [3.05, 3.63) is 84.7 Å². The first-order valence-corrected chi connectivity index (χ1v) is 14.1. The Morgan fingerprint density at radius 3 is 2.41 bits per heavy atom. The highest BCUT2D eigenvalue weighted by molar-refractivity contribution is 7.99. The summed E-state index contributed by atoms with van der Waals surface area (Å²) < 4.78 is 42.7. The van der Waals surface area contributed by atoms with Crippen LogP contribution in [0.25, 0.3) is 17.1 Å². The number of sulfonamides is 1. The predicted molar refractivity (Wildman–Crippen MR) is 141 cm³/mol. The Kier molecular flexibility index (Phi) is 7.36. The van der Waals surface area contributed by atoms with Crippen LogP contribution in [0.5, 0.6) is 0 Å². The quantitative estimate of drug-likeness (QED) is 0.330. The fourth-order valence-electron chi connectivity index (χ4n) is 4.09. The minimum Gasteiger partial charge on any atom is -0.325 e. The topological polar surface area (TPSA) is 97.2 Å². The largest absolute Gasteiger partial charge is 0.325 e. The Balaban J connectivity index is 1.43. The van der Waals surface area contributed by atoms with Crippen LogP contribution in [0.2, 0.25) is 0 Å². The highest BCUT2D eigenvalue weighted by atomic mass is 32.2. The van der Waals surface area contributed by atoms with Gasteiger partial charge in [-0.05, 0) is 61.4 Å². The van der Waals surface area contributed by atoms with Crippen molar-refractivity contribution < 1.29 is 17.6 Å². The van der Waals surface area contributed by atoms with E-state index in [-0.39, 0.29) is 22.4 Å². The summed E-state index contributed by atoms with van der Waals surface area (Å²) in [5.41, 5.74) is 1.87. The molecule has 0 aliphatic carbocycles. The zero-order valence-electron chi connectivity index (χ0n) is 19.7. The van der Waals surface area contributed by atoms with E-state index in [1.165, 1.54) is 40.3 Å². The second kappa shape index (κ2) is 10.8. The minimum atomic E-state index is -3.60. The number of carbonyl (C=O) groups excluding carboxylic acids is 1. The molecule has 0 radical (unpaired) electrons. The second-order valence-corrected chi connectivity index (χ2v) is 11.3. The number of hydrogen-bond acceptors (Lipinski definition) is 6. The molecule has 1 fully saturated rings. The smallest absolute Gasteiger partial charge is 0.243 e. The lowest BCUT2D eigenvalue weighted by molar-refractivity contribution is -0.113. The lowest BCUT2D eigenvalue weighted by Gasteiger charge is -2.16. The van der Waals surface area contributed by atoms with Gasteiger partial charge in [-0.15, -0.1) is 10.2 Å². The maximum atomic E-state index is 13.1. The summed E-state index contributed by atoms with van der Waals surface area (Å²) in [6, 6.07) is 21.7. The number of benzene rings is 3. The lowest BCUT2D eigenvalue weighted by Crippen LogP contribution is -2.27. The van der Waals surface area contributed by atoms with Crippen LogP contribution in [0, 0.1) is 5.82 Å². The van der Waals surface area contributed by atoms with Crippen LogP contribution in [0.3, 0.4) is 0 Å².